The number of nitrogens with zero attached hydrogens (tertiary/aromatic N) is 1. The Balaban J connectivity index is 3.21. The second-order valence-electron chi connectivity index (χ2n) is 4.66. The number of carbonyl (C=O) groups is 1. The molecule has 1 aromatic rings. The average Bonchev–Trinajstić information content (AvgIpc) is 2.29. The highest BCUT2D eigenvalue weighted by molar-refractivity contribution is 6.03. The number of ketones is 1. The first kappa shape index (κ1) is 14.8. The summed E-state index contributed by atoms with van der Waals surface area (Å²) >= 11 is 0. The fourth-order valence-electron chi connectivity index (χ4n) is 2.18. The van der Waals surface area contributed by atoms with Gasteiger partial charge in [-0.25, -0.2) is 8.78 Å². The Kier molecular flexibility index (Phi) is 4.57. The number of carbonyl (C=O) groups excluding carboxylic acids is 1. The predicted molar refractivity (Wildman–Crippen MR) is 67.7 cm³/mol. The van der Waals surface area contributed by atoms with Gasteiger partial charge in [-0.3, -0.25) is 9.69 Å². The van der Waals surface area contributed by atoms with E-state index in [0.29, 0.717) is 13.1 Å². The molecule has 0 atom stereocenters. The van der Waals surface area contributed by atoms with E-state index in [2.05, 4.69) is 0 Å². The zero-order chi connectivity index (χ0) is 13.9. The normalized spacial score (nSPS) is 11.9. The third-order valence-electron chi connectivity index (χ3n) is 3.30. The Morgan fingerprint density at radius 1 is 1.17 bits per heavy atom. The number of hydrogen-bond acceptors (Lipinski definition) is 2. The summed E-state index contributed by atoms with van der Waals surface area (Å²) < 4.78 is 27.2. The zero-order valence-corrected chi connectivity index (χ0v) is 11.3. The SMILES string of the molecule is CCN(CC)C(C)(C)C(=O)c1c(F)cccc1F. The molecule has 0 unspecified atom stereocenters. The number of benzene rings is 1. The molecule has 2 nitrogen and oxygen atoms in total. The second-order valence-corrected chi connectivity index (χ2v) is 4.66. The van der Waals surface area contributed by atoms with Crippen LogP contribution in [0.1, 0.15) is 38.1 Å². The Morgan fingerprint density at radius 2 is 1.61 bits per heavy atom. The van der Waals surface area contributed by atoms with Crippen molar-refractivity contribution < 1.29 is 13.6 Å². The molecule has 0 aliphatic carbocycles. The number of Topliss-reactive ketones (excluding diaryl/α,β-unsaturated/α-hetero) is 1. The molecular weight excluding hydrogens is 236 g/mol. The monoisotopic (exact) mass is 255 g/mol. The molecule has 0 fully saturated rings. The topological polar surface area (TPSA) is 20.3 Å². The summed E-state index contributed by atoms with van der Waals surface area (Å²) in [7, 11) is 0. The van der Waals surface area contributed by atoms with Gasteiger partial charge in [0.15, 0.2) is 5.78 Å². The minimum Gasteiger partial charge on any atom is -0.292 e. The highest BCUT2D eigenvalue weighted by Gasteiger charge is 2.36. The minimum absolute atomic E-state index is 0.450. The van der Waals surface area contributed by atoms with Gasteiger partial charge in [0.1, 0.15) is 11.6 Å². The first-order valence-electron chi connectivity index (χ1n) is 6.10. The van der Waals surface area contributed by atoms with E-state index in [1.54, 1.807) is 13.8 Å². The van der Waals surface area contributed by atoms with Crippen molar-refractivity contribution in [2.45, 2.75) is 33.2 Å². The standard InChI is InChI=1S/C14H19F2NO/c1-5-17(6-2)14(3,4)13(18)12-10(15)8-7-9-11(12)16/h7-9H,5-6H2,1-4H3. The molecule has 0 saturated carbocycles. The maximum atomic E-state index is 13.6. The van der Waals surface area contributed by atoms with Crippen LogP contribution in [0.25, 0.3) is 0 Å². The van der Waals surface area contributed by atoms with E-state index in [4.69, 9.17) is 0 Å². The Morgan fingerprint density at radius 3 is 2.00 bits per heavy atom. The number of likely N-dealkylation sites (N-methyl/N-ethyl adjacent to an activating group) is 1. The minimum atomic E-state index is -0.924. The zero-order valence-electron chi connectivity index (χ0n) is 11.3. The Hall–Kier alpha value is -1.29. The molecule has 0 spiro atoms. The number of rotatable bonds is 5. The van der Waals surface area contributed by atoms with Crippen molar-refractivity contribution in [1.29, 1.82) is 0 Å². The van der Waals surface area contributed by atoms with Gasteiger partial charge in [-0.15, -0.1) is 0 Å². The largest absolute Gasteiger partial charge is 0.292 e. The van der Waals surface area contributed by atoms with E-state index in [1.807, 2.05) is 18.7 Å². The van der Waals surface area contributed by atoms with Crippen LogP contribution in [0.15, 0.2) is 18.2 Å². The van der Waals surface area contributed by atoms with Crippen LogP contribution in [-0.4, -0.2) is 29.3 Å². The molecule has 0 aliphatic rings. The van der Waals surface area contributed by atoms with Crippen LogP contribution in [0.4, 0.5) is 8.78 Å². The highest BCUT2D eigenvalue weighted by atomic mass is 19.1. The summed E-state index contributed by atoms with van der Waals surface area (Å²) in [4.78, 5) is 14.2. The quantitative estimate of drug-likeness (QED) is 0.753. The molecule has 18 heavy (non-hydrogen) atoms. The van der Waals surface area contributed by atoms with E-state index in [9.17, 15) is 13.6 Å². The fourth-order valence-corrected chi connectivity index (χ4v) is 2.18. The smallest absolute Gasteiger partial charge is 0.188 e. The maximum absolute atomic E-state index is 13.6. The Bertz CT molecular complexity index is 419. The lowest BCUT2D eigenvalue weighted by Crippen LogP contribution is -2.50. The molecule has 1 rings (SSSR count). The fraction of sp³-hybridized carbons (Fsp3) is 0.500. The molecular formula is C14H19F2NO. The van der Waals surface area contributed by atoms with Crippen molar-refractivity contribution in [3.63, 3.8) is 0 Å². The van der Waals surface area contributed by atoms with Crippen LogP contribution in [0.3, 0.4) is 0 Å². The van der Waals surface area contributed by atoms with Gasteiger partial charge >= 0.3 is 0 Å². The summed E-state index contributed by atoms with van der Waals surface area (Å²) in [5.74, 6) is -2.14. The molecule has 0 radical (unpaired) electrons. The molecule has 100 valence electrons. The lowest BCUT2D eigenvalue weighted by atomic mass is 9.90. The first-order valence-corrected chi connectivity index (χ1v) is 6.10. The maximum Gasteiger partial charge on any atom is 0.188 e. The van der Waals surface area contributed by atoms with Gasteiger partial charge < -0.3 is 0 Å². The van der Waals surface area contributed by atoms with Gasteiger partial charge in [-0.1, -0.05) is 19.9 Å². The summed E-state index contributed by atoms with van der Waals surface area (Å²) in [5, 5.41) is 0. The molecule has 0 aliphatic heterocycles. The summed E-state index contributed by atoms with van der Waals surface area (Å²) in [5.41, 5.74) is -1.37. The average molecular weight is 255 g/mol. The van der Waals surface area contributed by atoms with E-state index < -0.39 is 28.5 Å². The summed E-state index contributed by atoms with van der Waals surface area (Å²) in [6.07, 6.45) is 0. The van der Waals surface area contributed by atoms with Gasteiger partial charge in [0.25, 0.3) is 0 Å². The van der Waals surface area contributed by atoms with Crippen LogP contribution in [0.5, 0.6) is 0 Å². The van der Waals surface area contributed by atoms with Crippen molar-refractivity contribution in [3.8, 4) is 0 Å². The molecule has 0 saturated heterocycles. The van der Waals surface area contributed by atoms with Gasteiger partial charge in [-0.2, -0.15) is 0 Å². The van der Waals surface area contributed by atoms with Crippen LogP contribution < -0.4 is 0 Å². The van der Waals surface area contributed by atoms with Crippen LogP contribution >= 0.6 is 0 Å². The van der Waals surface area contributed by atoms with E-state index in [0.717, 1.165) is 12.1 Å². The lowest BCUT2D eigenvalue weighted by molar-refractivity contribution is 0.0659. The third-order valence-corrected chi connectivity index (χ3v) is 3.30. The summed E-state index contributed by atoms with van der Waals surface area (Å²) in [6.45, 7) is 8.49. The van der Waals surface area contributed by atoms with Gasteiger partial charge in [0.05, 0.1) is 11.1 Å². The van der Waals surface area contributed by atoms with E-state index in [-0.39, 0.29) is 0 Å². The van der Waals surface area contributed by atoms with Crippen molar-refractivity contribution in [3.05, 3.63) is 35.4 Å². The van der Waals surface area contributed by atoms with Crippen molar-refractivity contribution in [2.24, 2.45) is 0 Å². The number of halogens is 2. The van der Waals surface area contributed by atoms with Crippen LogP contribution in [0, 0.1) is 11.6 Å². The summed E-state index contributed by atoms with van der Waals surface area (Å²) in [6, 6.07) is 3.47. The number of hydrogen-bond donors (Lipinski definition) is 0. The van der Waals surface area contributed by atoms with Gasteiger partial charge in [0, 0.05) is 0 Å². The van der Waals surface area contributed by atoms with Gasteiger partial charge in [0.2, 0.25) is 0 Å². The molecule has 0 aromatic heterocycles. The predicted octanol–water partition coefficient (Wildman–Crippen LogP) is 3.27. The van der Waals surface area contributed by atoms with Crippen molar-refractivity contribution in [2.75, 3.05) is 13.1 Å². The van der Waals surface area contributed by atoms with E-state index in [1.165, 1.54) is 6.07 Å². The Labute approximate surface area is 107 Å². The molecule has 1 aromatic carbocycles. The van der Waals surface area contributed by atoms with Gasteiger partial charge in [-0.05, 0) is 39.1 Å². The van der Waals surface area contributed by atoms with Crippen molar-refractivity contribution >= 4 is 5.78 Å². The third kappa shape index (κ3) is 2.58. The van der Waals surface area contributed by atoms with Crippen molar-refractivity contribution in [1.82, 2.24) is 4.90 Å². The lowest BCUT2D eigenvalue weighted by Gasteiger charge is -2.35. The second kappa shape index (κ2) is 5.57. The molecule has 0 bridgehead atoms. The first-order chi connectivity index (χ1) is 8.36. The molecule has 0 amide bonds. The van der Waals surface area contributed by atoms with Crippen LogP contribution in [0.2, 0.25) is 0 Å². The highest BCUT2D eigenvalue weighted by Crippen LogP contribution is 2.23. The molecule has 0 heterocycles. The molecule has 0 N–H and O–H groups in total. The van der Waals surface area contributed by atoms with E-state index >= 15 is 0 Å². The van der Waals surface area contributed by atoms with Crippen LogP contribution in [-0.2, 0) is 0 Å². The molecule has 4 heteroatoms.